The first kappa shape index (κ1) is 38.9. The van der Waals surface area contributed by atoms with Gasteiger partial charge in [0, 0.05) is 46.5 Å². The molecular weight excluding hydrogens is 716 g/mol. The summed E-state index contributed by atoms with van der Waals surface area (Å²) in [6.45, 7) is 6.81. The third kappa shape index (κ3) is 6.63. The molecule has 0 atom stereocenters. The van der Waals surface area contributed by atoms with Crippen LogP contribution >= 0.6 is 0 Å². The van der Waals surface area contributed by atoms with Crippen molar-refractivity contribution in [3.8, 4) is 23.0 Å². The van der Waals surface area contributed by atoms with E-state index in [1.54, 1.807) is 0 Å². The number of carbonyl (C=O) groups excluding carboxylic acids is 6. The molecule has 0 aromatic heterocycles. The SMILES string of the molecule is CCc1ccc(CCN(CCc2ccc(CC)cc2)C(=O)c2c(O)c(O)cc3c2C(=O)C(C)=C(C2=C(C)C(=O)c4c(cc(O)c(O)c4C(N)=O)C2=O)C3=O)cc1. The number of fused-ring (bicyclic) bond motifs is 2. The minimum atomic E-state index is -1.30. The molecule has 0 unspecified atom stereocenters. The quantitative estimate of drug-likeness (QED) is 0.117. The van der Waals surface area contributed by atoms with E-state index >= 15 is 0 Å². The van der Waals surface area contributed by atoms with Crippen LogP contribution in [0.4, 0.5) is 0 Å². The summed E-state index contributed by atoms with van der Waals surface area (Å²) in [7, 11) is 0. The van der Waals surface area contributed by atoms with Crippen LogP contribution in [0, 0.1) is 0 Å². The molecule has 12 heteroatoms. The van der Waals surface area contributed by atoms with Crippen LogP contribution in [0.15, 0.2) is 83.0 Å². The molecule has 4 aromatic rings. The second-order valence-corrected chi connectivity index (χ2v) is 13.9. The summed E-state index contributed by atoms with van der Waals surface area (Å²) in [5, 5.41) is 42.8. The van der Waals surface area contributed by atoms with Gasteiger partial charge in [-0.25, -0.2) is 0 Å². The molecule has 0 bridgehead atoms. The van der Waals surface area contributed by atoms with E-state index in [0.29, 0.717) is 12.8 Å². The zero-order valence-corrected chi connectivity index (χ0v) is 31.3. The highest BCUT2D eigenvalue weighted by Crippen LogP contribution is 2.45. The van der Waals surface area contributed by atoms with Crippen molar-refractivity contribution in [2.24, 2.45) is 5.73 Å². The number of amides is 2. The van der Waals surface area contributed by atoms with Crippen LogP contribution in [0.1, 0.15) is 112 Å². The van der Waals surface area contributed by atoms with Crippen molar-refractivity contribution < 1.29 is 49.2 Å². The number of phenols is 4. The van der Waals surface area contributed by atoms with Gasteiger partial charge >= 0.3 is 0 Å². The molecule has 56 heavy (non-hydrogen) atoms. The van der Waals surface area contributed by atoms with Gasteiger partial charge in [0.15, 0.2) is 46.1 Å². The molecule has 0 saturated heterocycles. The largest absolute Gasteiger partial charge is 0.504 e. The Kier molecular flexibility index (Phi) is 10.5. The van der Waals surface area contributed by atoms with Crippen molar-refractivity contribution in [2.45, 2.75) is 53.4 Å². The molecule has 2 aliphatic carbocycles. The van der Waals surface area contributed by atoms with E-state index in [-0.39, 0.29) is 24.2 Å². The molecule has 4 aromatic carbocycles. The lowest BCUT2D eigenvalue weighted by molar-refractivity contribution is 0.0749. The maximum Gasteiger partial charge on any atom is 0.258 e. The van der Waals surface area contributed by atoms with E-state index in [1.165, 1.54) is 18.7 Å². The van der Waals surface area contributed by atoms with Crippen LogP contribution in [-0.4, -0.2) is 73.4 Å². The van der Waals surface area contributed by atoms with Crippen molar-refractivity contribution in [3.63, 3.8) is 0 Å². The summed E-state index contributed by atoms with van der Waals surface area (Å²) in [6.07, 6.45) is 2.53. The van der Waals surface area contributed by atoms with Gasteiger partial charge in [-0.15, -0.1) is 0 Å². The van der Waals surface area contributed by atoms with E-state index < -0.39 is 102 Å². The highest BCUT2D eigenvalue weighted by Gasteiger charge is 2.44. The summed E-state index contributed by atoms with van der Waals surface area (Å²) >= 11 is 0. The number of primary amides is 1. The lowest BCUT2D eigenvalue weighted by Crippen LogP contribution is -2.37. The third-order valence-corrected chi connectivity index (χ3v) is 10.6. The maximum absolute atomic E-state index is 14.6. The number of allylic oxidation sites excluding steroid dienone is 4. The smallest absolute Gasteiger partial charge is 0.258 e. The third-order valence-electron chi connectivity index (χ3n) is 10.6. The minimum Gasteiger partial charge on any atom is -0.504 e. The van der Waals surface area contributed by atoms with Gasteiger partial charge in [-0.05, 0) is 73.9 Å². The Morgan fingerprint density at radius 1 is 0.571 bits per heavy atom. The standard InChI is InChI=1S/C44H40N2O10/c1-5-23-7-11-25(12-8-23)15-17-46(18-16-26-13-9-24(6-2)10-14-26)44(56)36-34-28(20-30(48)42(36)54)40(52)32(22(4)38(34)50)31-21(3)37(49)33-27(39(31)51)19-29(47)41(53)35(33)43(45)55/h7-14,19-20,47-48,53-54H,5-6,15-18H2,1-4H3,(H2,45,55). The number of benzene rings is 4. The lowest BCUT2D eigenvalue weighted by Gasteiger charge is -2.29. The predicted octanol–water partition coefficient (Wildman–Crippen LogP) is 5.75. The Balaban J connectivity index is 1.43. The average molecular weight is 757 g/mol. The molecule has 6 rings (SSSR count). The minimum absolute atomic E-state index is 0.154. The Bertz CT molecular complexity index is 2400. The van der Waals surface area contributed by atoms with Gasteiger partial charge in [0.1, 0.15) is 0 Å². The number of nitrogens with zero attached hydrogens (tertiary/aromatic N) is 1. The van der Waals surface area contributed by atoms with Crippen molar-refractivity contribution in [1.29, 1.82) is 0 Å². The normalized spacial score (nSPS) is 13.9. The monoisotopic (exact) mass is 756 g/mol. The van der Waals surface area contributed by atoms with Gasteiger partial charge in [-0.2, -0.15) is 0 Å². The van der Waals surface area contributed by atoms with E-state index in [1.807, 2.05) is 62.4 Å². The van der Waals surface area contributed by atoms with Crippen molar-refractivity contribution in [1.82, 2.24) is 4.90 Å². The molecule has 0 radical (unpaired) electrons. The number of aromatic hydroxyl groups is 4. The number of aryl methyl sites for hydroxylation is 2. The van der Waals surface area contributed by atoms with E-state index in [9.17, 15) is 49.2 Å². The molecule has 286 valence electrons. The number of phenolic OH excluding ortho intramolecular Hbond substituents is 3. The van der Waals surface area contributed by atoms with Gasteiger partial charge < -0.3 is 31.1 Å². The van der Waals surface area contributed by atoms with Crippen molar-refractivity contribution >= 4 is 34.9 Å². The molecule has 2 amide bonds. The van der Waals surface area contributed by atoms with Gasteiger partial charge in [0.05, 0.1) is 22.3 Å². The molecule has 0 aliphatic heterocycles. The number of carbonyl (C=O) groups is 6. The first-order valence-corrected chi connectivity index (χ1v) is 18.1. The van der Waals surface area contributed by atoms with Gasteiger partial charge in [0.2, 0.25) is 0 Å². The first-order valence-electron chi connectivity index (χ1n) is 18.1. The van der Waals surface area contributed by atoms with Gasteiger partial charge in [0.25, 0.3) is 11.8 Å². The molecule has 2 aliphatic rings. The van der Waals surface area contributed by atoms with E-state index in [0.717, 1.165) is 47.2 Å². The lowest BCUT2D eigenvalue weighted by atomic mass is 9.73. The number of hydrogen-bond donors (Lipinski definition) is 5. The van der Waals surface area contributed by atoms with Gasteiger partial charge in [-0.3, -0.25) is 28.8 Å². The van der Waals surface area contributed by atoms with Crippen LogP contribution in [0.5, 0.6) is 23.0 Å². The Labute approximate surface area is 322 Å². The molecular formula is C44H40N2O10. The van der Waals surface area contributed by atoms with Crippen LogP contribution in [0.2, 0.25) is 0 Å². The second kappa shape index (κ2) is 15.1. The van der Waals surface area contributed by atoms with Crippen molar-refractivity contribution in [3.05, 3.63) is 139 Å². The molecule has 0 saturated carbocycles. The fourth-order valence-corrected chi connectivity index (χ4v) is 7.29. The van der Waals surface area contributed by atoms with Gasteiger partial charge in [-0.1, -0.05) is 62.4 Å². The Morgan fingerprint density at radius 2 is 0.929 bits per heavy atom. The number of nitrogens with two attached hydrogens (primary N) is 1. The number of Topliss-reactive ketones (excluding diaryl/α,β-unsaturated/α-hetero) is 4. The zero-order valence-electron chi connectivity index (χ0n) is 31.3. The number of hydrogen-bond acceptors (Lipinski definition) is 10. The van der Waals surface area contributed by atoms with Crippen LogP contribution in [0.3, 0.4) is 0 Å². The van der Waals surface area contributed by atoms with Crippen LogP contribution in [0.25, 0.3) is 0 Å². The molecule has 12 nitrogen and oxygen atoms in total. The van der Waals surface area contributed by atoms with E-state index in [2.05, 4.69) is 0 Å². The summed E-state index contributed by atoms with van der Waals surface area (Å²) < 4.78 is 0. The number of ketones is 4. The van der Waals surface area contributed by atoms with Crippen LogP contribution < -0.4 is 5.73 Å². The summed E-state index contributed by atoms with van der Waals surface area (Å²) in [5.41, 5.74) is 4.35. The predicted molar refractivity (Wildman–Crippen MR) is 206 cm³/mol. The first-order chi connectivity index (χ1) is 26.6. The zero-order chi connectivity index (χ0) is 40.7. The molecule has 0 spiro atoms. The highest BCUT2D eigenvalue weighted by atomic mass is 16.3. The molecule has 0 fully saturated rings. The topological polar surface area (TPSA) is 213 Å². The fourth-order valence-electron chi connectivity index (χ4n) is 7.29. The van der Waals surface area contributed by atoms with Crippen molar-refractivity contribution in [2.75, 3.05) is 13.1 Å². The molecule has 6 N–H and O–H groups in total. The summed E-state index contributed by atoms with van der Waals surface area (Å²) in [5.74, 6) is -9.75. The maximum atomic E-state index is 14.6. The Morgan fingerprint density at radius 3 is 1.30 bits per heavy atom. The fraction of sp³-hybridized carbons (Fsp3) is 0.227. The summed E-state index contributed by atoms with van der Waals surface area (Å²) in [4.78, 5) is 84.8. The summed E-state index contributed by atoms with van der Waals surface area (Å²) in [6, 6.07) is 17.4. The Hall–Kier alpha value is -6.82. The van der Waals surface area contributed by atoms with E-state index in [4.69, 9.17) is 5.73 Å². The molecule has 0 heterocycles. The highest BCUT2D eigenvalue weighted by molar-refractivity contribution is 6.39. The average Bonchev–Trinajstić information content (AvgIpc) is 3.18. The van der Waals surface area contributed by atoms with Crippen LogP contribution in [-0.2, 0) is 25.7 Å². The number of rotatable bonds is 11. The second-order valence-electron chi connectivity index (χ2n) is 13.9.